The number of aromatic amines is 1. The average Bonchev–Trinajstić information content (AvgIpc) is 3.08. The summed E-state index contributed by atoms with van der Waals surface area (Å²) >= 11 is 0. The topological polar surface area (TPSA) is 205 Å². The molecule has 0 aliphatic heterocycles. The van der Waals surface area contributed by atoms with Gasteiger partial charge in [0.25, 0.3) is 0 Å². The molecule has 3 aromatic heterocycles. The van der Waals surface area contributed by atoms with E-state index in [4.69, 9.17) is 11.0 Å². The van der Waals surface area contributed by atoms with Crippen LogP contribution in [-0.4, -0.2) is 31.4 Å². The van der Waals surface area contributed by atoms with Crippen molar-refractivity contribution in [1.82, 2.24) is 20.2 Å². The molecule has 3 heterocycles. The van der Waals surface area contributed by atoms with E-state index in [-0.39, 0.29) is 11.3 Å². The van der Waals surface area contributed by atoms with Crippen LogP contribution in [0.1, 0.15) is 22.8 Å². The number of anilines is 1. The lowest BCUT2D eigenvalue weighted by Gasteiger charge is -1.99. The van der Waals surface area contributed by atoms with Gasteiger partial charge in [-0.3, -0.25) is 31.5 Å². The van der Waals surface area contributed by atoms with E-state index < -0.39 is 5.92 Å². The number of nitriles is 1. The summed E-state index contributed by atoms with van der Waals surface area (Å²) in [5.41, 5.74) is 9.01. The number of ketones is 1. The maximum atomic E-state index is 11.3. The Hall–Kier alpha value is -3.65. The zero-order valence-electron chi connectivity index (χ0n) is 15.6. The SMILES string of the molecule is CC(C#N)C(=O)c1cccnc1.Cc1c(N)n[nH]c1-c1cccnc1.NN.O. The molecule has 9 N–H and O–H groups in total. The van der Waals surface area contributed by atoms with E-state index >= 15 is 0 Å². The zero-order chi connectivity index (χ0) is 20.2. The third-order valence-electron chi connectivity index (χ3n) is 3.53. The van der Waals surface area contributed by atoms with Crippen molar-refractivity contribution in [2.45, 2.75) is 13.8 Å². The summed E-state index contributed by atoms with van der Waals surface area (Å²) in [5, 5.41) is 15.3. The monoisotopic (exact) mass is 384 g/mol. The molecule has 3 aromatic rings. The molecular weight excluding hydrogens is 360 g/mol. The van der Waals surface area contributed by atoms with Gasteiger partial charge < -0.3 is 11.2 Å². The van der Waals surface area contributed by atoms with Crippen molar-refractivity contribution in [1.29, 1.82) is 5.26 Å². The van der Waals surface area contributed by atoms with Crippen LogP contribution < -0.4 is 17.4 Å². The number of nitrogens with two attached hydrogens (primary N) is 3. The highest BCUT2D eigenvalue weighted by molar-refractivity contribution is 5.98. The molecule has 1 unspecified atom stereocenters. The van der Waals surface area contributed by atoms with Gasteiger partial charge in [0.1, 0.15) is 11.7 Å². The van der Waals surface area contributed by atoms with Gasteiger partial charge in [0.15, 0.2) is 5.78 Å². The number of rotatable bonds is 3. The number of nitrogen functional groups attached to an aromatic ring is 1. The Balaban J connectivity index is 0.000000465. The van der Waals surface area contributed by atoms with Crippen molar-refractivity contribution < 1.29 is 10.3 Å². The van der Waals surface area contributed by atoms with Crippen molar-refractivity contribution >= 4 is 11.6 Å². The molecule has 0 radical (unpaired) electrons. The molecule has 10 nitrogen and oxygen atoms in total. The van der Waals surface area contributed by atoms with E-state index in [1.165, 1.54) is 6.20 Å². The van der Waals surface area contributed by atoms with Gasteiger partial charge in [-0.05, 0) is 38.1 Å². The Morgan fingerprint density at radius 3 is 2.21 bits per heavy atom. The highest BCUT2D eigenvalue weighted by atomic mass is 16.1. The maximum absolute atomic E-state index is 11.3. The van der Waals surface area contributed by atoms with E-state index in [9.17, 15) is 4.79 Å². The second kappa shape index (κ2) is 12.7. The number of Topliss-reactive ketones (excluding diaryl/α,β-unsaturated/α-hetero) is 1. The molecule has 10 heteroatoms. The second-order valence-electron chi connectivity index (χ2n) is 5.31. The first-order valence-corrected chi connectivity index (χ1v) is 7.92. The molecule has 0 spiro atoms. The Labute approximate surface area is 162 Å². The zero-order valence-corrected chi connectivity index (χ0v) is 15.6. The smallest absolute Gasteiger partial charge is 0.181 e. The van der Waals surface area contributed by atoms with Crippen LogP contribution >= 0.6 is 0 Å². The lowest BCUT2D eigenvalue weighted by Crippen LogP contribution is -2.08. The second-order valence-corrected chi connectivity index (χ2v) is 5.31. The van der Waals surface area contributed by atoms with Crippen molar-refractivity contribution in [3.05, 3.63) is 60.2 Å². The fourth-order valence-electron chi connectivity index (χ4n) is 2.02. The van der Waals surface area contributed by atoms with E-state index in [0.29, 0.717) is 11.4 Å². The maximum Gasteiger partial charge on any atom is 0.181 e. The predicted molar refractivity (Wildman–Crippen MR) is 106 cm³/mol. The van der Waals surface area contributed by atoms with Gasteiger partial charge in [-0.25, -0.2) is 0 Å². The molecule has 0 fully saturated rings. The van der Waals surface area contributed by atoms with Gasteiger partial charge in [0, 0.05) is 41.5 Å². The molecule has 0 bridgehead atoms. The minimum atomic E-state index is -0.589. The summed E-state index contributed by atoms with van der Waals surface area (Å²) in [5.74, 6) is 7.78. The summed E-state index contributed by atoms with van der Waals surface area (Å²) in [7, 11) is 0. The number of hydrogen-bond acceptors (Lipinski definition) is 8. The van der Waals surface area contributed by atoms with Crippen LogP contribution in [0.5, 0.6) is 0 Å². The first-order valence-electron chi connectivity index (χ1n) is 7.92. The molecule has 3 rings (SSSR count). The van der Waals surface area contributed by atoms with E-state index in [1.807, 2.05) is 25.1 Å². The van der Waals surface area contributed by atoms with Crippen LogP contribution in [0, 0.1) is 24.2 Å². The third kappa shape index (κ3) is 6.58. The van der Waals surface area contributed by atoms with Gasteiger partial charge >= 0.3 is 0 Å². The Morgan fingerprint density at radius 1 is 1.18 bits per heavy atom. The van der Waals surface area contributed by atoms with Crippen molar-refractivity contribution in [3.63, 3.8) is 0 Å². The lowest BCUT2D eigenvalue weighted by molar-refractivity contribution is 0.0956. The van der Waals surface area contributed by atoms with Crippen LogP contribution in [-0.2, 0) is 0 Å². The first-order chi connectivity index (χ1) is 13.0. The number of aromatic nitrogens is 4. The van der Waals surface area contributed by atoms with Crippen LogP contribution in [0.25, 0.3) is 11.3 Å². The summed E-state index contributed by atoms with van der Waals surface area (Å²) in [6, 6.07) is 9.07. The number of pyridine rings is 2. The molecule has 1 atom stereocenters. The first kappa shape index (κ1) is 24.4. The van der Waals surface area contributed by atoms with E-state index in [2.05, 4.69) is 31.9 Å². The number of hydrazine groups is 1. The molecular formula is C18H24N8O2. The van der Waals surface area contributed by atoms with Gasteiger partial charge in [0.2, 0.25) is 0 Å². The van der Waals surface area contributed by atoms with Crippen molar-refractivity contribution in [3.8, 4) is 17.3 Å². The minimum Gasteiger partial charge on any atom is -0.412 e. The number of H-pyrrole nitrogens is 1. The van der Waals surface area contributed by atoms with Crippen molar-refractivity contribution in [2.24, 2.45) is 17.6 Å². The van der Waals surface area contributed by atoms with Gasteiger partial charge in [0.05, 0.1) is 11.8 Å². The highest BCUT2D eigenvalue weighted by Crippen LogP contribution is 2.22. The number of nitrogens with zero attached hydrogens (tertiary/aromatic N) is 4. The molecule has 0 aromatic carbocycles. The Kier molecular flexibility index (Phi) is 11.0. The Morgan fingerprint density at radius 2 is 1.79 bits per heavy atom. The molecule has 0 amide bonds. The van der Waals surface area contributed by atoms with Crippen LogP contribution in [0.15, 0.2) is 49.1 Å². The third-order valence-corrected chi connectivity index (χ3v) is 3.53. The highest BCUT2D eigenvalue weighted by Gasteiger charge is 2.13. The summed E-state index contributed by atoms with van der Waals surface area (Å²) in [6.07, 6.45) is 6.57. The van der Waals surface area contributed by atoms with E-state index in [0.717, 1.165) is 16.8 Å². The molecule has 0 aliphatic carbocycles. The van der Waals surface area contributed by atoms with Crippen LogP contribution in [0.3, 0.4) is 0 Å². The van der Waals surface area contributed by atoms with Crippen LogP contribution in [0.2, 0.25) is 0 Å². The van der Waals surface area contributed by atoms with Gasteiger partial charge in [-0.1, -0.05) is 0 Å². The largest absolute Gasteiger partial charge is 0.412 e. The fraction of sp³-hybridized carbons (Fsp3) is 0.167. The Bertz CT molecular complexity index is 876. The normalized spacial score (nSPS) is 9.96. The number of hydrogen-bond donors (Lipinski definition) is 4. The molecule has 148 valence electrons. The molecule has 0 saturated carbocycles. The number of nitrogens with one attached hydrogen (secondary N) is 1. The fourth-order valence-corrected chi connectivity index (χ4v) is 2.02. The predicted octanol–water partition coefficient (Wildman–Crippen LogP) is 0.780. The standard InChI is InChI=1S/C9H10N4.C9H8N2O.H4N2.H2O/c1-6-8(12-13-9(6)10)7-3-2-4-11-5-7;1-7(5-10)9(12)8-3-2-4-11-6-8;1-2;/h2-5H,1H3,(H3,10,12,13);2-4,6-7H,1H3;1-2H2;1H2. The van der Waals surface area contributed by atoms with Gasteiger partial charge in [-0.15, -0.1) is 0 Å². The number of carbonyl (C=O) groups is 1. The lowest BCUT2D eigenvalue weighted by atomic mass is 10.0. The van der Waals surface area contributed by atoms with Crippen molar-refractivity contribution in [2.75, 3.05) is 5.73 Å². The average molecular weight is 384 g/mol. The molecule has 0 aliphatic rings. The number of carbonyl (C=O) groups excluding carboxylic acids is 1. The summed E-state index contributed by atoms with van der Waals surface area (Å²) in [4.78, 5) is 19.1. The summed E-state index contributed by atoms with van der Waals surface area (Å²) < 4.78 is 0. The van der Waals surface area contributed by atoms with Crippen LogP contribution in [0.4, 0.5) is 5.82 Å². The van der Waals surface area contributed by atoms with Gasteiger partial charge in [-0.2, -0.15) is 10.4 Å². The summed E-state index contributed by atoms with van der Waals surface area (Å²) in [6.45, 7) is 3.51. The molecule has 0 saturated heterocycles. The minimum absolute atomic E-state index is 0. The molecule has 28 heavy (non-hydrogen) atoms. The quantitative estimate of drug-likeness (QED) is 0.287. The van der Waals surface area contributed by atoms with E-state index in [1.54, 1.807) is 37.6 Å².